The summed E-state index contributed by atoms with van der Waals surface area (Å²) in [4.78, 5) is 23.8. The van der Waals surface area contributed by atoms with Crippen molar-refractivity contribution in [3.05, 3.63) is 34.5 Å². The third kappa shape index (κ3) is 9.06. The van der Waals surface area contributed by atoms with Crippen molar-refractivity contribution < 1.29 is 24.1 Å². The molecule has 11 heteroatoms. The van der Waals surface area contributed by atoms with Gasteiger partial charge in [0.25, 0.3) is 5.91 Å². The first kappa shape index (κ1) is 30.0. The normalized spacial score (nSPS) is 16.4. The molecule has 10 nitrogen and oxygen atoms in total. The van der Waals surface area contributed by atoms with E-state index in [1.807, 2.05) is 0 Å². The molecule has 0 saturated carbocycles. The minimum atomic E-state index is -0.667. The van der Waals surface area contributed by atoms with Crippen molar-refractivity contribution in [1.29, 1.82) is 0 Å². The van der Waals surface area contributed by atoms with Crippen LogP contribution in [0.3, 0.4) is 0 Å². The van der Waals surface area contributed by atoms with Crippen LogP contribution in [-0.4, -0.2) is 92.2 Å². The first-order valence-corrected chi connectivity index (χ1v) is 13.5. The summed E-state index contributed by atoms with van der Waals surface area (Å²) in [5.41, 5.74) is 7.51. The number of amides is 1. The minimum absolute atomic E-state index is 0.0955. The van der Waals surface area contributed by atoms with Gasteiger partial charge in [-0.15, -0.1) is 0 Å². The number of aliphatic hydroxyl groups is 1. The van der Waals surface area contributed by atoms with Crippen LogP contribution in [0, 0.1) is 12.8 Å². The van der Waals surface area contributed by atoms with E-state index in [4.69, 9.17) is 31.5 Å². The molecule has 2 aliphatic heterocycles. The summed E-state index contributed by atoms with van der Waals surface area (Å²) in [5.74, 6) is 1.17. The number of benzene rings is 1. The maximum atomic E-state index is 13.2. The van der Waals surface area contributed by atoms with Gasteiger partial charge in [0.1, 0.15) is 30.0 Å². The number of hydrogen-bond acceptors (Lipinski definition) is 9. The fraction of sp³-hybridized carbons (Fsp3) is 0.593. The molecule has 2 aliphatic rings. The first-order chi connectivity index (χ1) is 18.3. The van der Waals surface area contributed by atoms with Gasteiger partial charge in [0.2, 0.25) is 0 Å². The molecule has 4 N–H and O–H groups in total. The molecule has 0 bridgehead atoms. The number of ether oxygens (including phenoxy) is 3. The number of carbonyl (C=O) groups is 1. The second-order valence-electron chi connectivity index (χ2n) is 9.67. The van der Waals surface area contributed by atoms with E-state index >= 15 is 0 Å². The molecule has 1 amide bonds. The summed E-state index contributed by atoms with van der Waals surface area (Å²) in [6.45, 7) is 6.31. The lowest BCUT2D eigenvalue weighted by atomic mass is 9.99. The van der Waals surface area contributed by atoms with Gasteiger partial charge < -0.3 is 35.3 Å². The molecule has 2 aromatic rings. The number of aliphatic hydroxyl groups excluding tert-OH is 1. The van der Waals surface area contributed by atoms with Crippen LogP contribution in [0.5, 0.6) is 5.75 Å². The lowest BCUT2D eigenvalue weighted by Crippen LogP contribution is -2.35. The summed E-state index contributed by atoms with van der Waals surface area (Å²) in [7, 11) is 3.52. The molecule has 4 rings (SSSR count). The van der Waals surface area contributed by atoms with Gasteiger partial charge >= 0.3 is 0 Å². The number of aromatic nitrogens is 2. The van der Waals surface area contributed by atoms with Gasteiger partial charge in [-0.05, 0) is 63.8 Å². The van der Waals surface area contributed by atoms with Crippen LogP contribution in [-0.2, 0) is 9.47 Å². The molecule has 2 saturated heterocycles. The van der Waals surface area contributed by atoms with Gasteiger partial charge in [-0.25, -0.2) is 9.97 Å². The number of nitrogens with zero attached hydrogens (tertiary/aromatic N) is 3. The SMILES string of the molecule is C1CCOC1.CNCC(O)COc1cc(Cl)cc(-c2nc(N)c(C)c(C(=O)N(C)CC3CCOCC3)n2)c1. The smallest absolute Gasteiger partial charge is 0.272 e. The van der Waals surface area contributed by atoms with Crippen molar-refractivity contribution in [1.82, 2.24) is 20.2 Å². The van der Waals surface area contributed by atoms with Crippen molar-refractivity contribution in [2.45, 2.75) is 38.7 Å². The Balaban J connectivity index is 0.000000715. The van der Waals surface area contributed by atoms with E-state index in [0.29, 0.717) is 40.9 Å². The van der Waals surface area contributed by atoms with Gasteiger partial charge in [0.05, 0.1) is 0 Å². The molecule has 3 heterocycles. The molecular weight excluding hydrogens is 510 g/mol. The lowest BCUT2D eigenvalue weighted by molar-refractivity contribution is 0.0495. The number of nitrogens with one attached hydrogen (secondary N) is 1. The summed E-state index contributed by atoms with van der Waals surface area (Å²) in [6.07, 6.45) is 3.75. The highest BCUT2D eigenvalue weighted by Crippen LogP contribution is 2.29. The Labute approximate surface area is 229 Å². The Morgan fingerprint density at radius 1 is 1.21 bits per heavy atom. The highest BCUT2D eigenvalue weighted by atomic mass is 35.5. The van der Waals surface area contributed by atoms with E-state index in [2.05, 4.69) is 15.3 Å². The number of halogens is 1. The van der Waals surface area contributed by atoms with E-state index in [1.54, 1.807) is 44.1 Å². The Morgan fingerprint density at radius 3 is 2.53 bits per heavy atom. The molecule has 2 fully saturated rings. The predicted octanol–water partition coefficient (Wildman–Crippen LogP) is 2.94. The number of likely N-dealkylation sites (N-methyl/N-ethyl adjacent to an activating group) is 1. The lowest BCUT2D eigenvalue weighted by Gasteiger charge is -2.27. The minimum Gasteiger partial charge on any atom is -0.491 e. The number of carbonyl (C=O) groups excluding carboxylic acids is 1. The van der Waals surface area contributed by atoms with E-state index < -0.39 is 6.10 Å². The molecule has 38 heavy (non-hydrogen) atoms. The molecule has 210 valence electrons. The van der Waals surface area contributed by atoms with Crippen LogP contribution in [0.2, 0.25) is 5.02 Å². The molecule has 0 spiro atoms. The van der Waals surface area contributed by atoms with Gasteiger partial charge in [-0.2, -0.15) is 0 Å². The molecule has 1 unspecified atom stereocenters. The monoisotopic (exact) mass is 549 g/mol. The Hall–Kier alpha value is -2.50. The average molecular weight is 550 g/mol. The number of rotatable bonds is 9. The summed E-state index contributed by atoms with van der Waals surface area (Å²) in [6, 6.07) is 5.03. The third-order valence-corrected chi connectivity index (χ3v) is 6.66. The predicted molar refractivity (Wildman–Crippen MR) is 148 cm³/mol. The quantitative estimate of drug-likeness (QED) is 0.432. The summed E-state index contributed by atoms with van der Waals surface area (Å²) in [5, 5.41) is 13.2. The number of nitrogens with two attached hydrogens (primary N) is 1. The maximum Gasteiger partial charge on any atom is 0.272 e. The van der Waals surface area contributed by atoms with Gasteiger partial charge in [-0.1, -0.05) is 11.6 Å². The van der Waals surface area contributed by atoms with E-state index in [1.165, 1.54) is 12.8 Å². The topological polar surface area (TPSA) is 132 Å². The zero-order valence-corrected chi connectivity index (χ0v) is 23.3. The Morgan fingerprint density at radius 2 is 1.89 bits per heavy atom. The standard InChI is InChI=1S/C23H32ClN5O4.C4H8O/c1-14-20(23(31)29(3)12-15-4-6-32-7-5-15)27-22(28-21(14)25)16-8-17(24)10-19(9-16)33-13-18(30)11-26-2;1-2-4-5-3-1/h8-10,15,18,26,30H,4-7,11-13H2,1-3H3,(H2,25,27,28);1-4H2. The van der Waals surface area contributed by atoms with Crippen molar-refractivity contribution >= 4 is 23.3 Å². The second kappa shape index (κ2) is 15.2. The van der Waals surface area contributed by atoms with E-state index in [-0.39, 0.29) is 29.9 Å². The molecule has 1 atom stereocenters. The Kier molecular flexibility index (Phi) is 12.0. The number of nitrogen functional groups attached to an aromatic ring is 1. The maximum absolute atomic E-state index is 13.2. The van der Waals surface area contributed by atoms with Crippen LogP contribution in [0.4, 0.5) is 5.82 Å². The van der Waals surface area contributed by atoms with E-state index in [0.717, 1.165) is 39.3 Å². The van der Waals surface area contributed by atoms with E-state index in [9.17, 15) is 9.90 Å². The van der Waals surface area contributed by atoms with Crippen molar-refractivity contribution in [2.75, 3.05) is 66.0 Å². The molecular formula is C27H40ClN5O5. The van der Waals surface area contributed by atoms with Gasteiger partial charge in [0, 0.05) is 62.7 Å². The number of anilines is 1. The van der Waals surface area contributed by atoms with Crippen LogP contribution < -0.4 is 15.8 Å². The van der Waals surface area contributed by atoms with Crippen LogP contribution >= 0.6 is 11.6 Å². The van der Waals surface area contributed by atoms with Gasteiger partial charge in [0.15, 0.2) is 5.82 Å². The fourth-order valence-electron chi connectivity index (χ4n) is 4.22. The van der Waals surface area contributed by atoms with Crippen LogP contribution in [0.25, 0.3) is 11.4 Å². The van der Waals surface area contributed by atoms with Crippen molar-refractivity contribution in [3.63, 3.8) is 0 Å². The van der Waals surface area contributed by atoms with Crippen molar-refractivity contribution in [3.8, 4) is 17.1 Å². The fourth-order valence-corrected chi connectivity index (χ4v) is 4.45. The largest absolute Gasteiger partial charge is 0.491 e. The third-order valence-electron chi connectivity index (χ3n) is 6.44. The van der Waals surface area contributed by atoms with Crippen LogP contribution in [0.1, 0.15) is 41.7 Å². The zero-order valence-electron chi connectivity index (χ0n) is 22.5. The highest BCUT2D eigenvalue weighted by molar-refractivity contribution is 6.31. The highest BCUT2D eigenvalue weighted by Gasteiger charge is 2.24. The molecule has 1 aromatic heterocycles. The first-order valence-electron chi connectivity index (χ1n) is 13.1. The molecule has 0 radical (unpaired) electrons. The molecule has 1 aromatic carbocycles. The van der Waals surface area contributed by atoms with Crippen molar-refractivity contribution in [2.24, 2.45) is 5.92 Å². The van der Waals surface area contributed by atoms with Crippen LogP contribution in [0.15, 0.2) is 18.2 Å². The molecule has 0 aliphatic carbocycles. The number of hydrogen-bond donors (Lipinski definition) is 3. The Bertz CT molecular complexity index is 1040. The summed E-state index contributed by atoms with van der Waals surface area (Å²) >= 11 is 6.28. The zero-order chi connectivity index (χ0) is 27.5. The second-order valence-corrected chi connectivity index (χ2v) is 10.1. The summed E-state index contributed by atoms with van der Waals surface area (Å²) < 4.78 is 16.0. The van der Waals surface area contributed by atoms with Gasteiger partial charge in [-0.3, -0.25) is 4.79 Å². The average Bonchev–Trinajstić information content (AvgIpc) is 3.49.